The van der Waals surface area contributed by atoms with Crippen LogP contribution in [0.1, 0.15) is 17.5 Å². The van der Waals surface area contributed by atoms with Crippen molar-refractivity contribution in [2.24, 2.45) is 5.73 Å². The zero-order chi connectivity index (χ0) is 15.9. The Morgan fingerprint density at radius 1 is 1.36 bits per heavy atom. The van der Waals surface area contributed by atoms with E-state index in [4.69, 9.17) is 14.9 Å². The Morgan fingerprint density at radius 2 is 2.09 bits per heavy atom. The summed E-state index contributed by atoms with van der Waals surface area (Å²) >= 11 is 0. The van der Waals surface area contributed by atoms with E-state index in [1.165, 1.54) is 12.3 Å². The van der Waals surface area contributed by atoms with Crippen LogP contribution in [0, 0.1) is 0 Å². The van der Waals surface area contributed by atoms with Crippen molar-refractivity contribution in [1.29, 1.82) is 0 Å². The summed E-state index contributed by atoms with van der Waals surface area (Å²) in [6.45, 7) is 5.35. The number of carbonyl (C=O) groups excluding carboxylic acids is 2. The molecule has 0 atom stereocenters. The van der Waals surface area contributed by atoms with Gasteiger partial charge >= 0.3 is 5.97 Å². The maximum absolute atomic E-state index is 12.1. The van der Waals surface area contributed by atoms with Crippen LogP contribution < -0.4 is 5.73 Å². The Bertz CT molecular complexity index is 527. The van der Waals surface area contributed by atoms with Crippen LogP contribution in [0.5, 0.6) is 0 Å². The maximum Gasteiger partial charge on any atom is 0.332 e. The number of esters is 1. The first-order valence-corrected chi connectivity index (χ1v) is 7.22. The highest BCUT2D eigenvalue weighted by Crippen LogP contribution is 2.09. The van der Waals surface area contributed by atoms with Crippen LogP contribution in [0.25, 0.3) is 0 Å². The number of ether oxygens (including phenoxy) is 1. The van der Waals surface area contributed by atoms with Crippen molar-refractivity contribution in [3.05, 3.63) is 35.9 Å². The van der Waals surface area contributed by atoms with Crippen LogP contribution in [-0.4, -0.2) is 61.0 Å². The molecule has 22 heavy (non-hydrogen) atoms. The highest BCUT2D eigenvalue weighted by atomic mass is 16.5. The summed E-state index contributed by atoms with van der Waals surface area (Å²) in [7, 11) is 0. The number of furan rings is 1. The minimum absolute atomic E-state index is 0.0837. The molecule has 1 saturated heterocycles. The highest BCUT2D eigenvalue weighted by molar-refractivity contribution is 5.91. The van der Waals surface area contributed by atoms with Gasteiger partial charge in [-0.2, -0.15) is 0 Å². The van der Waals surface area contributed by atoms with Crippen molar-refractivity contribution in [2.75, 3.05) is 39.3 Å². The van der Waals surface area contributed by atoms with Gasteiger partial charge in [-0.1, -0.05) is 0 Å². The standard InChI is InChI=1S/C15H21N3O4/c1-12(16)11-14(19)22-10-8-17-4-6-18(7-5-17)15(20)13-3-2-9-21-13/h2-3,9,11H,4-8,10,16H2,1H3/b12-11-. The smallest absolute Gasteiger partial charge is 0.332 e. The van der Waals surface area contributed by atoms with E-state index in [2.05, 4.69) is 4.90 Å². The molecule has 0 aliphatic carbocycles. The van der Waals surface area contributed by atoms with E-state index in [9.17, 15) is 9.59 Å². The molecule has 0 spiro atoms. The molecule has 1 aromatic rings. The second-order valence-electron chi connectivity index (χ2n) is 5.17. The molecule has 0 bridgehead atoms. The van der Waals surface area contributed by atoms with Crippen molar-refractivity contribution in [3.63, 3.8) is 0 Å². The number of hydrogen-bond acceptors (Lipinski definition) is 6. The first-order chi connectivity index (χ1) is 10.6. The average molecular weight is 307 g/mol. The van der Waals surface area contributed by atoms with Crippen molar-refractivity contribution in [1.82, 2.24) is 9.80 Å². The number of nitrogens with two attached hydrogens (primary N) is 1. The SMILES string of the molecule is C/C(N)=C/C(=O)OCCN1CCN(C(=O)c2ccco2)CC1. The Hall–Kier alpha value is -2.28. The van der Waals surface area contributed by atoms with Crippen molar-refractivity contribution < 1.29 is 18.7 Å². The van der Waals surface area contributed by atoms with Gasteiger partial charge in [0.25, 0.3) is 5.91 Å². The number of hydrogen-bond donors (Lipinski definition) is 1. The highest BCUT2D eigenvalue weighted by Gasteiger charge is 2.23. The molecular formula is C15H21N3O4. The maximum atomic E-state index is 12.1. The summed E-state index contributed by atoms with van der Waals surface area (Å²) in [6, 6.07) is 3.37. The zero-order valence-electron chi connectivity index (χ0n) is 12.7. The second kappa shape index (κ2) is 7.65. The summed E-state index contributed by atoms with van der Waals surface area (Å²) < 4.78 is 10.2. The van der Waals surface area contributed by atoms with Crippen molar-refractivity contribution >= 4 is 11.9 Å². The van der Waals surface area contributed by atoms with Gasteiger partial charge in [0.05, 0.1) is 6.26 Å². The number of piperazine rings is 1. The third-order valence-electron chi connectivity index (χ3n) is 3.39. The molecule has 1 aliphatic rings. The van der Waals surface area contributed by atoms with Crippen LogP contribution in [-0.2, 0) is 9.53 Å². The van der Waals surface area contributed by atoms with Crippen molar-refractivity contribution in [2.45, 2.75) is 6.92 Å². The lowest BCUT2D eigenvalue weighted by atomic mass is 10.3. The predicted molar refractivity (Wildman–Crippen MR) is 80.0 cm³/mol. The number of nitrogens with zero attached hydrogens (tertiary/aromatic N) is 2. The summed E-state index contributed by atoms with van der Waals surface area (Å²) in [5.41, 5.74) is 5.82. The summed E-state index contributed by atoms with van der Waals surface area (Å²) in [4.78, 5) is 27.3. The Balaban J connectivity index is 1.68. The van der Waals surface area contributed by atoms with Crippen LogP contribution in [0.3, 0.4) is 0 Å². The molecule has 1 fully saturated rings. The van der Waals surface area contributed by atoms with Gasteiger partial charge in [-0.15, -0.1) is 0 Å². The second-order valence-corrected chi connectivity index (χ2v) is 5.17. The predicted octanol–water partition coefficient (Wildman–Crippen LogP) is 0.443. The average Bonchev–Trinajstić information content (AvgIpc) is 3.00. The minimum Gasteiger partial charge on any atom is -0.461 e. The Morgan fingerprint density at radius 3 is 2.68 bits per heavy atom. The third-order valence-corrected chi connectivity index (χ3v) is 3.39. The van der Waals surface area contributed by atoms with Gasteiger partial charge in [-0.3, -0.25) is 9.69 Å². The van der Waals surface area contributed by atoms with E-state index in [0.717, 1.165) is 13.1 Å². The number of amides is 1. The minimum atomic E-state index is -0.424. The summed E-state index contributed by atoms with van der Waals surface area (Å²) in [6.07, 6.45) is 2.76. The van der Waals surface area contributed by atoms with E-state index in [1.807, 2.05) is 0 Å². The molecule has 7 nitrogen and oxygen atoms in total. The lowest BCUT2D eigenvalue weighted by Gasteiger charge is -2.34. The van der Waals surface area contributed by atoms with E-state index < -0.39 is 5.97 Å². The first kappa shape index (κ1) is 16.1. The van der Waals surface area contributed by atoms with Crippen LogP contribution in [0.2, 0.25) is 0 Å². The molecule has 2 N–H and O–H groups in total. The molecular weight excluding hydrogens is 286 g/mol. The van der Waals surface area contributed by atoms with Crippen LogP contribution in [0.4, 0.5) is 0 Å². The largest absolute Gasteiger partial charge is 0.461 e. The van der Waals surface area contributed by atoms with Crippen LogP contribution in [0.15, 0.2) is 34.6 Å². The number of carbonyl (C=O) groups is 2. The van der Waals surface area contributed by atoms with E-state index in [0.29, 0.717) is 37.7 Å². The van der Waals surface area contributed by atoms with Gasteiger partial charge < -0.3 is 19.8 Å². The summed E-state index contributed by atoms with van der Waals surface area (Å²) in [5, 5.41) is 0. The monoisotopic (exact) mass is 307 g/mol. The van der Waals surface area contributed by atoms with Gasteiger partial charge in [0, 0.05) is 44.5 Å². The molecule has 2 heterocycles. The molecule has 0 aromatic carbocycles. The quantitative estimate of drug-likeness (QED) is 0.627. The van der Waals surface area contributed by atoms with Gasteiger partial charge in [-0.25, -0.2) is 4.79 Å². The molecule has 0 radical (unpaired) electrons. The molecule has 1 aromatic heterocycles. The van der Waals surface area contributed by atoms with Gasteiger partial charge in [0.1, 0.15) is 6.61 Å². The molecule has 1 aliphatic heterocycles. The number of rotatable bonds is 5. The van der Waals surface area contributed by atoms with Gasteiger partial charge in [0.15, 0.2) is 5.76 Å². The van der Waals surface area contributed by atoms with Gasteiger partial charge in [-0.05, 0) is 19.1 Å². The fourth-order valence-corrected chi connectivity index (χ4v) is 2.23. The Kier molecular flexibility index (Phi) is 5.60. The topological polar surface area (TPSA) is 89.0 Å². The molecule has 0 saturated carbocycles. The van der Waals surface area contributed by atoms with Crippen LogP contribution >= 0.6 is 0 Å². The number of allylic oxidation sites excluding steroid dienone is 1. The first-order valence-electron chi connectivity index (χ1n) is 7.22. The summed E-state index contributed by atoms with van der Waals surface area (Å²) in [5.74, 6) is -0.141. The third kappa shape index (κ3) is 4.63. The Labute approximate surface area is 129 Å². The van der Waals surface area contributed by atoms with Crippen molar-refractivity contribution in [3.8, 4) is 0 Å². The molecule has 1 amide bonds. The molecule has 2 rings (SSSR count). The lowest BCUT2D eigenvalue weighted by molar-refractivity contribution is -0.138. The fraction of sp³-hybridized carbons (Fsp3) is 0.467. The zero-order valence-corrected chi connectivity index (χ0v) is 12.7. The lowest BCUT2D eigenvalue weighted by Crippen LogP contribution is -2.49. The molecule has 0 unspecified atom stereocenters. The van der Waals surface area contributed by atoms with E-state index in [1.54, 1.807) is 24.0 Å². The normalized spacial score (nSPS) is 16.6. The van der Waals surface area contributed by atoms with E-state index in [-0.39, 0.29) is 5.91 Å². The van der Waals surface area contributed by atoms with E-state index >= 15 is 0 Å². The fourth-order valence-electron chi connectivity index (χ4n) is 2.23. The molecule has 120 valence electrons. The van der Waals surface area contributed by atoms with Gasteiger partial charge in [0.2, 0.25) is 0 Å². The molecule has 7 heteroatoms.